The van der Waals surface area contributed by atoms with Gasteiger partial charge in [0.2, 0.25) is 5.91 Å². The van der Waals surface area contributed by atoms with E-state index in [1.54, 1.807) is 12.4 Å². The lowest BCUT2D eigenvalue weighted by molar-refractivity contribution is -0.122. The van der Waals surface area contributed by atoms with Crippen LogP contribution in [0.2, 0.25) is 0 Å². The topological polar surface area (TPSA) is 42.0 Å². The summed E-state index contributed by atoms with van der Waals surface area (Å²) in [6.07, 6.45) is 6.90. The molecule has 1 aliphatic rings. The first-order valence-electron chi connectivity index (χ1n) is 7.04. The standard InChI is InChI=1S/C17H18N2O/c20-16(7-6-14-8-12-18-13-9-14)19-17(10-11-17)15-4-2-1-3-5-15/h1-5,8-9,12-13H,6-7,10-11H2,(H,19,20). The molecule has 3 rings (SSSR count). The van der Waals surface area contributed by atoms with Gasteiger partial charge in [-0.05, 0) is 42.5 Å². The quantitative estimate of drug-likeness (QED) is 0.904. The van der Waals surface area contributed by atoms with Crippen LogP contribution in [0, 0.1) is 0 Å². The lowest BCUT2D eigenvalue weighted by atomic mass is 10.0. The molecule has 0 unspecified atom stereocenters. The van der Waals surface area contributed by atoms with Crippen molar-refractivity contribution in [3.05, 3.63) is 66.0 Å². The number of pyridine rings is 1. The average molecular weight is 266 g/mol. The molecule has 0 saturated heterocycles. The second-order valence-electron chi connectivity index (χ2n) is 5.35. The maximum atomic E-state index is 12.1. The van der Waals surface area contributed by atoms with E-state index in [0.717, 1.165) is 24.8 Å². The van der Waals surface area contributed by atoms with Gasteiger partial charge >= 0.3 is 0 Å². The molecule has 102 valence electrons. The predicted molar refractivity (Wildman–Crippen MR) is 78.1 cm³/mol. The number of benzene rings is 1. The van der Waals surface area contributed by atoms with Crippen molar-refractivity contribution in [1.29, 1.82) is 0 Å². The average Bonchev–Trinajstić information content (AvgIpc) is 3.28. The number of nitrogens with zero attached hydrogens (tertiary/aromatic N) is 1. The van der Waals surface area contributed by atoms with E-state index in [1.165, 1.54) is 5.56 Å². The maximum absolute atomic E-state index is 12.1. The number of aromatic nitrogens is 1. The van der Waals surface area contributed by atoms with Crippen LogP contribution in [0.1, 0.15) is 30.4 Å². The highest BCUT2D eigenvalue weighted by molar-refractivity contribution is 5.77. The van der Waals surface area contributed by atoms with Gasteiger partial charge in [-0.3, -0.25) is 9.78 Å². The van der Waals surface area contributed by atoms with Gasteiger partial charge in [0.25, 0.3) is 0 Å². The molecule has 1 N–H and O–H groups in total. The minimum absolute atomic E-state index is 0.101. The van der Waals surface area contributed by atoms with Crippen LogP contribution >= 0.6 is 0 Å². The molecule has 1 saturated carbocycles. The third-order valence-electron chi connectivity index (χ3n) is 3.85. The molecule has 2 aromatic rings. The number of hydrogen-bond acceptors (Lipinski definition) is 2. The molecule has 1 heterocycles. The fourth-order valence-electron chi connectivity index (χ4n) is 2.50. The van der Waals surface area contributed by atoms with Gasteiger partial charge in [0.05, 0.1) is 5.54 Å². The molecule has 1 fully saturated rings. The van der Waals surface area contributed by atoms with Crippen molar-refractivity contribution >= 4 is 5.91 Å². The largest absolute Gasteiger partial charge is 0.347 e. The zero-order chi connectivity index (χ0) is 13.8. The number of hydrogen-bond donors (Lipinski definition) is 1. The normalized spacial score (nSPS) is 15.6. The summed E-state index contributed by atoms with van der Waals surface area (Å²) in [7, 11) is 0. The van der Waals surface area contributed by atoms with E-state index in [2.05, 4.69) is 22.4 Å². The second kappa shape index (κ2) is 5.45. The third-order valence-corrected chi connectivity index (χ3v) is 3.85. The minimum Gasteiger partial charge on any atom is -0.347 e. The van der Waals surface area contributed by atoms with Crippen molar-refractivity contribution in [3.8, 4) is 0 Å². The molecule has 0 bridgehead atoms. The van der Waals surface area contributed by atoms with Gasteiger partial charge in [0, 0.05) is 18.8 Å². The maximum Gasteiger partial charge on any atom is 0.221 e. The molecule has 1 aromatic heterocycles. The first-order valence-corrected chi connectivity index (χ1v) is 7.04. The molecule has 0 spiro atoms. The summed E-state index contributed by atoms with van der Waals surface area (Å²) in [4.78, 5) is 16.1. The van der Waals surface area contributed by atoms with Crippen molar-refractivity contribution in [3.63, 3.8) is 0 Å². The van der Waals surface area contributed by atoms with Crippen molar-refractivity contribution in [2.75, 3.05) is 0 Å². The van der Waals surface area contributed by atoms with Crippen LogP contribution in [0.15, 0.2) is 54.9 Å². The highest BCUT2D eigenvalue weighted by Gasteiger charge is 2.45. The minimum atomic E-state index is -0.101. The van der Waals surface area contributed by atoms with Gasteiger partial charge in [0.15, 0.2) is 0 Å². The van der Waals surface area contributed by atoms with Crippen molar-refractivity contribution in [2.45, 2.75) is 31.2 Å². The SMILES string of the molecule is O=C(CCc1ccncc1)NC1(c2ccccc2)CC1. The van der Waals surface area contributed by atoms with Crippen LogP contribution in [0.5, 0.6) is 0 Å². The van der Waals surface area contributed by atoms with E-state index in [9.17, 15) is 4.79 Å². The van der Waals surface area contributed by atoms with Crippen LogP contribution in [0.3, 0.4) is 0 Å². The summed E-state index contributed by atoms with van der Waals surface area (Å²) in [6, 6.07) is 14.2. The van der Waals surface area contributed by atoms with Crippen molar-refractivity contribution in [1.82, 2.24) is 10.3 Å². The highest BCUT2D eigenvalue weighted by Crippen LogP contribution is 2.45. The Morgan fingerprint density at radius 1 is 1.10 bits per heavy atom. The molecule has 3 nitrogen and oxygen atoms in total. The zero-order valence-electron chi connectivity index (χ0n) is 11.4. The Morgan fingerprint density at radius 3 is 2.45 bits per heavy atom. The molecule has 20 heavy (non-hydrogen) atoms. The Bertz CT molecular complexity index is 576. The lowest BCUT2D eigenvalue weighted by Gasteiger charge is -2.18. The Kier molecular flexibility index (Phi) is 3.50. The molecule has 1 aliphatic carbocycles. The van der Waals surface area contributed by atoms with Crippen LogP contribution < -0.4 is 5.32 Å². The smallest absolute Gasteiger partial charge is 0.221 e. The molecule has 0 aliphatic heterocycles. The molecule has 3 heteroatoms. The van der Waals surface area contributed by atoms with Gasteiger partial charge in [-0.25, -0.2) is 0 Å². The van der Waals surface area contributed by atoms with Gasteiger partial charge < -0.3 is 5.32 Å². The van der Waals surface area contributed by atoms with Crippen molar-refractivity contribution in [2.24, 2.45) is 0 Å². The van der Waals surface area contributed by atoms with Gasteiger partial charge in [0.1, 0.15) is 0 Å². The van der Waals surface area contributed by atoms with Crippen molar-refractivity contribution < 1.29 is 4.79 Å². The fraction of sp³-hybridized carbons (Fsp3) is 0.294. The van der Waals surface area contributed by atoms with E-state index in [1.807, 2.05) is 30.3 Å². The summed E-state index contributed by atoms with van der Waals surface area (Å²) in [5, 5.41) is 3.20. The van der Waals surface area contributed by atoms with Gasteiger partial charge in [-0.1, -0.05) is 30.3 Å². The Balaban J connectivity index is 1.57. The Morgan fingerprint density at radius 2 is 1.80 bits per heavy atom. The first-order chi connectivity index (χ1) is 9.78. The van der Waals surface area contributed by atoms with Crippen LogP contribution in [-0.4, -0.2) is 10.9 Å². The van der Waals surface area contributed by atoms with E-state index in [-0.39, 0.29) is 11.4 Å². The van der Waals surface area contributed by atoms with Crippen LogP contribution in [0.25, 0.3) is 0 Å². The molecular weight excluding hydrogens is 248 g/mol. The summed E-state index contributed by atoms with van der Waals surface area (Å²) >= 11 is 0. The number of carbonyl (C=O) groups excluding carboxylic acids is 1. The highest BCUT2D eigenvalue weighted by atomic mass is 16.1. The summed E-state index contributed by atoms with van der Waals surface area (Å²) in [5.41, 5.74) is 2.27. The summed E-state index contributed by atoms with van der Waals surface area (Å²) in [6.45, 7) is 0. The molecule has 1 aromatic carbocycles. The number of amides is 1. The zero-order valence-corrected chi connectivity index (χ0v) is 11.4. The van der Waals surface area contributed by atoms with Crippen LogP contribution in [-0.2, 0) is 16.8 Å². The fourth-order valence-corrected chi connectivity index (χ4v) is 2.50. The van der Waals surface area contributed by atoms with E-state index in [0.29, 0.717) is 6.42 Å². The van der Waals surface area contributed by atoms with E-state index >= 15 is 0 Å². The second-order valence-corrected chi connectivity index (χ2v) is 5.35. The first kappa shape index (κ1) is 12.9. The molecule has 1 amide bonds. The molecule has 0 atom stereocenters. The number of carbonyl (C=O) groups is 1. The lowest BCUT2D eigenvalue weighted by Crippen LogP contribution is -2.34. The summed E-state index contributed by atoms with van der Waals surface area (Å²) in [5.74, 6) is 0.128. The predicted octanol–water partition coefficient (Wildman–Crippen LogP) is 2.82. The molecule has 0 radical (unpaired) electrons. The monoisotopic (exact) mass is 266 g/mol. The van der Waals surface area contributed by atoms with E-state index < -0.39 is 0 Å². The third kappa shape index (κ3) is 2.87. The Labute approximate surface area is 119 Å². The number of aryl methyl sites for hydroxylation is 1. The number of nitrogens with one attached hydrogen (secondary N) is 1. The van der Waals surface area contributed by atoms with Gasteiger partial charge in [-0.15, -0.1) is 0 Å². The van der Waals surface area contributed by atoms with Crippen LogP contribution in [0.4, 0.5) is 0 Å². The van der Waals surface area contributed by atoms with Gasteiger partial charge in [-0.2, -0.15) is 0 Å². The summed E-state index contributed by atoms with van der Waals surface area (Å²) < 4.78 is 0. The van der Waals surface area contributed by atoms with E-state index in [4.69, 9.17) is 0 Å². The Hall–Kier alpha value is -2.16. The molecular formula is C17H18N2O. The number of rotatable bonds is 5.